The third kappa shape index (κ3) is 4.56. The second-order valence-corrected chi connectivity index (χ2v) is 6.68. The highest BCUT2D eigenvalue weighted by Gasteiger charge is 2.12. The minimum Gasteiger partial charge on any atom is -0.345 e. The maximum Gasteiger partial charge on any atom is 0.251 e. The van der Waals surface area contributed by atoms with Crippen molar-refractivity contribution in [1.29, 1.82) is 0 Å². The van der Waals surface area contributed by atoms with Crippen LogP contribution in [0.25, 0.3) is 0 Å². The summed E-state index contributed by atoms with van der Waals surface area (Å²) < 4.78 is 24.8. The average Bonchev–Trinajstić information content (AvgIpc) is 2.46. The Morgan fingerprint density at radius 3 is 2.64 bits per heavy atom. The van der Waals surface area contributed by atoms with Crippen molar-refractivity contribution in [2.24, 2.45) is 0 Å². The first-order chi connectivity index (χ1) is 10.3. The molecule has 0 saturated heterocycles. The number of amides is 1. The molecular formula is C15H17N3O3S. The van der Waals surface area contributed by atoms with Gasteiger partial charge in [0.15, 0.2) is 0 Å². The summed E-state index contributed by atoms with van der Waals surface area (Å²) in [5.41, 5.74) is 1.62. The van der Waals surface area contributed by atoms with Crippen molar-refractivity contribution in [3.63, 3.8) is 0 Å². The highest BCUT2D eigenvalue weighted by molar-refractivity contribution is 7.92. The molecule has 0 spiro atoms. The fourth-order valence-corrected chi connectivity index (χ4v) is 2.49. The number of anilines is 1. The fraction of sp³-hybridized carbons (Fsp3) is 0.200. The number of benzene rings is 1. The number of nitrogens with zero attached hydrogens (tertiary/aromatic N) is 1. The monoisotopic (exact) mass is 319 g/mol. The molecular weight excluding hydrogens is 302 g/mol. The molecule has 0 fully saturated rings. The van der Waals surface area contributed by atoms with Crippen molar-refractivity contribution in [2.75, 3.05) is 11.0 Å². The van der Waals surface area contributed by atoms with E-state index in [4.69, 9.17) is 0 Å². The molecule has 0 aliphatic heterocycles. The van der Waals surface area contributed by atoms with E-state index in [-0.39, 0.29) is 11.9 Å². The van der Waals surface area contributed by atoms with Gasteiger partial charge in [0.25, 0.3) is 5.91 Å². The van der Waals surface area contributed by atoms with Gasteiger partial charge in [-0.25, -0.2) is 8.42 Å². The van der Waals surface area contributed by atoms with Crippen LogP contribution in [0.15, 0.2) is 48.8 Å². The zero-order chi connectivity index (χ0) is 16.2. The Kier molecular flexibility index (Phi) is 4.77. The first-order valence-corrected chi connectivity index (χ1v) is 8.53. The van der Waals surface area contributed by atoms with E-state index in [1.54, 1.807) is 36.7 Å². The standard InChI is InChI=1S/C15H17N3O3S/c1-11(13-6-4-8-16-10-13)17-15(19)12-5-3-7-14(9-12)18-22(2,20)21/h3-11,18H,1-2H3,(H,17,19). The van der Waals surface area contributed by atoms with Crippen molar-refractivity contribution >= 4 is 21.6 Å². The molecule has 1 unspecified atom stereocenters. The largest absolute Gasteiger partial charge is 0.345 e. The molecule has 0 radical (unpaired) electrons. The number of nitrogens with one attached hydrogen (secondary N) is 2. The molecule has 2 rings (SSSR count). The summed E-state index contributed by atoms with van der Waals surface area (Å²) in [5.74, 6) is -0.284. The summed E-state index contributed by atoms with van der Waals surface area (Å²) in [4.78, 5) is 16.2. The predicted molar refractivity (Wildman–Crippen MR) is 85.0 cm³/mol. The van der Waals surface area contributed by atoms with Gasteiger partial charge in [0.05, 0.1) is 12.3 Å². The lowest BCUT2D eigenvalue weighted by Crippen LogP contribution is -2.26. The van der Waals surface area contributed by atoms with E-state index >= 15 is 0 Å². The Morgan fingerprint density at radius 2 is 2.00 bits per heavy atom. The lowest BCUT2D eigenvalue weighted by atomic mass is 10.1. The number of aromatic nitrogens is 1. The summed E-state index contributed by atoms with van der Waals surface area (Å²) in [5, 5.41) is 2.85. The molecule has 116 valence electrons. The molecule has 1 amide bonds. The highest BCUT2D eigenvalue weighted by atomic mass is 32.2. The summed E-state index contributed by atoms with van der Waals surface area (Å²) in [6.07, 6.45) is 4.41. The highest BCUT2D eigenvalue weighted by Crippen LogP contribution is 2.14. The number of hydrogen-bond donors (Lipinski definition) is 2. The summed E-state index contributed by atoms with van der Waals surface area (Å²) in [6, 6.07) is 9.80. The smallest absolute Gasteiger partial charge is 0.251 e. The topological polar surface area (TPSA) is 88.2 Å². The molecule has 2 aromatic rings. The van der Waals surface area contributed by atoms with Gasteiger partial charge in [-0.1, -0.05) is 12.1 Å². The van der Waals surface area contributed by atoms with Gasteiger partial charge < -0.3 is 5.32 Å². The molecule has 0 bridgehead atoms. The van der Waals surface area contributed by atoms with Crippen molar-refractivity contribution in [3.8, 4) is 0 Å². The van der Waals surface area contributed by atoms with E-state index < -0.39 is 10.0 Å². The Labute approximate surface area is 129 Å². The van der Waals surface area contributed by atoms with Gasteiger partial charge in [-0.2, -0.15) is 0 Å². The quantitative estimate of drug-likeness (QED) is 0.881. The van der Waals surface area contributed by atoms with Gasteiger partial charge in [0.2, 0.25) is 10.0 Å². The zero-order valence-electron chi connectivity index (χ0n) is 12.3. The molecule has 7 heteroatoms. The minimum absolute atomic E-state index is 0.201. The lowest BCUT2D eigenvalue weighted by Gasteiger charge is -2.14. The maximum absolute atomic E-state index is 12.2. The Bertz CT molecular complexity index is 761. The van der Waals surface area contributed by atoms with Crippen LogP contribution in [0, 0.1) is 0 Å². The molecule has 6 nitrogen and oxygen atoms in total. The van der Waals surface area contributed by atoms with Crippen molar-refractivity contribution in [1.82, 2.24) is 10.3 Å². The number of sulfonamides is 1. The molecule has 1 heterocycles. The second kappa shape index (κ2) is 6.57. The van der Waals surface area contributed by atoms with Gasteiger partial charge in [0.1, 0.15) is 0 Å². The average molecular weight is 319 g/mol. The summed E-state index contributed by atoms with van der Waals surface area (Å²) in [6.45, 7) is 1.85. The van der Waals surface area contributed by atoms with E-state index in [1.807, 2.05) is 13.0 Å². The van der Waals surface area contributed by atoms with Crippen molar-refractivity contribution < 1.29 is 13.2 Å². The van der Waals surface area contributed by atoms with Gasteiger partial charge >= 0.3 is 0 Å². The predicted octanol–water partition coefficient (Wildman–Crippen LogP) is 1.94. The SMILES string of the molecule is CC(NC(=O)c1cccc(NS(C)(=O)=O)c1)c1cccnc1. The van der Waals surface area contributed by atoms with Crippen LogP contribution >= 0.6 is 0 Å². The summed E-state index contributed by atoms with van der Waals surface area (Å²) >= 11 is 0. The second-order valence-electron chi connectivity index (χ2n) is 4.94. The van der Waals surface area contributed by atoms with E-state index in [9.17, 15) is 13.2 Å². The Hall–Kier alpha value is -2.41. The van der Waals surface area contributed by atoms with Gasteiger partial charge in [-0.05, 0) is 36.8 Å². The molecule has 0 saturated carbocycles. The van der Waals surface area contributed by atoms with Crippen LogP contribution in [0.4, 0.5) is 5.69 Å². The van der Waals surface area contributed by atoms with E-state index in [1.165, 1.54) is 6.07 Å². The van der Waals surface area contributed by atoms with Crippen LogP contribution in [-0.2, 0) is 10.0 Å². The van der Waals surface area contributed by atoms with Crippen molar-refractivity contribution in [3.05, 3.63) is 59.9 Å². The number of rotatable bonds is 5. The minimum atomic E-state index is -3.38. The van der Waals surface area contributed by atoms with Crippen LogP contribution in [0.1, 0.15) is 28.9 Å². The third-order valence-electron chi connectivity index (χ3n) is 2.96. The van der Waals surface area contributed by atoms with Crippen LogP contribution in [-0.4, -0.2) is 25.6 Å². The Morgan fingerprint density at radius 1 is 1.23 bits per heavy atom. The first kappa shape index (κ1) is 16.0. The number of pyridine rings is 1. The van der Waals surface area contributed by atoms with Gasteiger partial charge in [-0.3, -0.25) is 14.5 Å². The molecule has 1 atom stereocenters. The van der Waals surface area contributed by atoms with E-state index in [0.717, 1.165) is 11.8 Å². The third-order valence-corrected chi connectivity index (χ3v) is 3.57. The fourth-order valence-electron chi connectivity index (χ4n) is 1.93. The van der Waals surface area contributed by atoms with Crippen molar-refractivity contribution in [2.45, 2.75) is 13.0 Å². The Balaban J connectivity index is 2.11. The first-order valence-electron chi connectivity index (χ1n) is 6.64. The van der Waals surface area contributed by atoms with Gasteiger partial charge in [0, 0.05) is 23.6 Å². The number of carbonyl (C=O) groups excluding carboxylic acids is 1. The molecule has 1 aromatic carbocycles. The summed E-state index contributed by atoms with van der Waals surface area (Å²) in [7, 11) is -3.38. The number of carbonyl (C=O) groups is 1. The number of hydrogen-bond acceptors (Lipinski definition) is 4. The maximum atomic E-state index is 12.2. The van der Waals surface area contributed by atoms with E-state index in [0.29, 0.717) is 11.3 Å². The molecule has 0 aliphatic rings. The molecule has 0 aliphatic carbocycles. The van der Waals surface area contributed by atoms with Crippen LogP contribution in [0.2, 0.25) is 0 Å². The van der Waals surface area contributed by atoms with Crippen LogP contribution < -0.4 is 10.0 Å². The zero-order valence-corrected chi connectivity index (χ0v) is 13.1. The molecule has 22 heavy (non-hydrogen) atoms. The molecule has 2 N–H and O–H groups in total. The van der Waals surface area contributed by atoms with Crippen LogP contribution in [0.5, 0.6) is 0 Å². The van der Waals surface area contributed by atoms with E-state index in [2.05, 4.69) is 15.0 Å². The van der Waals surface area contributed by atoms with Crippen LogP contribution in [0.3, 0.4) is 0 Å². The normalized spacial score (nSPS) is 12.5. The van der Waals surface area contributed by atoms with Gasteiger partial charge in [-0.15, -0.1) is 0 Å². The molecule has 1 aromatic heterocycles. The lowest BCUT2D eigenvalue weighted by molar-refractivity contribution is 0.0940.